The molecule has 2 heterocycles. The average Bonchev–Trinajstić information content (AvgIpc) is 3.10. The van der Waals surface area contributed by atoms with Crippen molar-refractivity contribution in [2.75, 3.05) is 11.9 Å². The number of carbonyl (C=O) groups excluding carboxylic acids is 3. The number of nitrogens with zero attached hydrogens (tertiary/aromatic N) is 1. The fraction of sp³-hybridized carbons (Fsp3) is 0.471. The van der Waals surface area contributed by atoms with Crippen molar-refractivity contribution in [1.29, 1.82) is 0 Å². The molecule has 2 N–H and O–H groups in total. The number of hydrogen-bond acceptors (Lipinski definition) is 6. The van der Waals surface area contributed by atoms with Gasteiger partial charge in [0.2, 0.25) is 5.91 Å². The standard InChI is InChI=1S/C17H21N3O6S/c1-3-14-17(23)18-12-9-11(6-7-15(12)26-14)27(24,25)19-16(22)13-5-4-8-20(13)10(2)21/h6-7,9,13-14H,3-5,8H2,1-2H3,(H,18,23)(H,19,22). The highest BCUT2D eigenvalue weighted by molar-refractivity contribution is 7.90. The molecule has 0 aromatic heterocycles. The van der Waals surface area contributed by atoms with Crippen LogP contribution >= 0.6 is 0 Å². The summed E-state index contributed by atoms with van der Waals surface area (Å²) in [4.78, 5) is 37.1. The maximum Gasteiger partial charge on any atom is 0.265 e. The predicted molar refractivity (Wildman–Crippen MR) is 95.5 cm³/mol. The summed E-state index contributed by atoms with van der Waals surface area (Å²) < 4.78 is 32.7. The van der Waals surface area contributed by atoms with E-state index in [1.54, 1.807) is 6.92 Å². The van der Waals surface area contributed by atoms with Crippen LogP contribution in [0.25, 0.3) is 0 Å². The summed E-state index contributed by atoms with van der Waals surface area (Å²) in [7, 11) is -4.16. The number of ether oxygens (including phenoxy) is 1. The lowest BCUT2D eigenvalue weighted by Crippen LogP contribution is -2.46. The fourth-order valence-corrected chi connectivity index (χ4v) is 4.28. The van der Waals surface area contributed by atoms with E-state index in [1.165, 1.54) is 30.0 Å². The minimum absolute atomic E-state index is 0.180. The molecule has 3 amide bonds. The number of benzene rings is 1. The normalized spacial score (nSPS) is 21.9. The molecular weight excluding hydrogens is 374 g/mol. The van der Waals surface area contributed by atoms with Gasteiger partial charge in [-0.2, -0.15) is 0 Å². The lowest BCUT2D eigenvalue weighted by Gasteiger charge is -2.25. The monoisotopic (exact) mass is 395 g/mol. The molecule has 0 spiro atoms. The zero-order chi connectivity index (χ0) is 19.8. The Morgan fingerprint density at radius 2 is 2.11 bits per heavy atom. The summed E-state index contributed by atoms with van der Waals surface area (Å²) in [6.07, 6.45) is 0.904. The van der Waals surface area contributed by atoms with Gasteiger partial charge in [-0.1, -0.05) is 6.92 Å². The van der Waals surface area contributed by atoms with E-state index >= 15 is 0 Å². The molecule has 0 bridgehead atoms. The van der Waals surface area contributed by atoms with Gasteiger partial charge in [-0.15, -0.1) is 0 Å². The molecule has 1 saturated heterocycles. The molecule has 1 fully saturated rings. The van der Waals surface area contributed by atoms with Gasteiger partial charge in [-0.05, 0) is 37.5 Å². The number of fused-ring (bicyclic) bond motifs is 1. The van der Waals surface area contributed by atoms with E-state index in [0.717, 1.165) is 0 Å². The van der Waals surface area contributed by atoms with Gasteiger partial charge in [0.25, 0.3) is 21.8 Å². The Morgan fingerprint density at radius 3 is 2.78 bits per heavy atom. The highest BCUT2D eigenvalue weighted by Crippen LogP contribution is 2.32. The van der Waals surface area contributed by atoms with Crippen LogP contribution in [0.3, 0.4) is 0 Å². The first-order chi connectivity index (χ1) is 12.7. The summed E-state index contributed by atoms with van der Waals surface area (Å²) in [5.74, 6) is -1.01. The second-order valence-electron chi connectivity index (χ2n) is 6.50. The number of likely N-dealkylation sites (tertiary alicyclic amines) is 1. The lowest BCUT2D eigenvalue weighted by molar-refractivity contribution is -0.136. The number of rotatable bonds is 4. The third-order valence-corrected chi connectivity index (χ3v) is 5.99. The van der Waals surface area contributed by atoms with Crippen LogP contribution in [0.4, 0.5) is 5.69 Å². The second-order valence-corrected chi connectivity index (χ2v) is 8.18. The fourth-order valence-electron chi connectivity index (χ4n) is 3.24. The predicted octanol–water partition coefficient (Wildman–Crippen LogP) is 0.612. The van der Waals surface area contributed by atoms with Gasteiger partial charge in [-0.25, -0.2) is 13.1 Å². The number of carbonyl (C=O) groups is 3. The van der Waals surface area contributed by atoms with Crippen molar-refractivity contribution >= 4 is 33.4 Å². The molecule has 1 aromatic carbocycles. The number of anilines is 1. The highest BCUT2D eigenvalue weighted by atomic mass is 32.2. The zero-order valence-corrected chi connectivity index (χ0v) is 15.8. The maximum atomic E-state index is 12.6. The van der Waals surface area contributed by atoms with E-state index in [-0.39, 0.29) is 22.4 Å². The highest BCUT2D eigenvalue weighted by Gasteiger charge is 2.35. The summed E-state index contributed by atoms with van der Waals surface area (Å²) in [5.41, 5.74) is 0.228. The van der Waals surface area contributed by atoms with Crippen molar-refractivity contribution in [3.05, 3.63) is 18.2 Å². The largest absolute Gasteiger partial charge is 0.478 e. The lowest BCUT2D eigenvalue weighted by atomic mass is 10.2. The van der Waals surface area contributed by atoms with Gasteiger partial charge < -0.3 is 15.0 Å². The molecule has 2 atom stereocenters. The van der Waals surface area contributed by atoms with Gasteiger partial charge in [0.1, 0.15) is 11.8 Å². The van der Waals surface area contributed by atoms with E-state index in [4.69, 9.17) is 4.74 Å². The van der Waals surface area contributed by atoms with Gasteiger partial charge in [0.05, 0.1) is 10.6 Å². The van der Waals surface area contributed by atoms with Crippen LogP contribution < -0.4 is 14.8 Å². The molecule has 27 heavy (non-hydrogen) atoms. The number of hydrogen-bond donors (Lipinski definition) is 2. The minimum atomic E-state index is -4.16. The Morgan fingerprint density at radius 1 is 1.37 bits per heavy atom. The Labute approximate surface area is 157 Å². The molecule has 10 heteroatoms. The summed E-state index contributed by atoms with van der Waals surface area (Å²) in [5, 5.41) is 2.61. The van der Waals surface area contributed by atoms with Crippen molar-refractivity contribution in [1.82, 2.24) is 9.62 Å². The van der Waals surface area contributed by atoms with Crippen molar-refractivity contribution < 1.29 is 27.5 Å². The molecule has 2 unspecified atom stereocenters. The first-order valence-electron chi connectivity index (χ1n) is 8.68. The van der Waals surface area contributed by atoms with Crippen LogP contribution in [0.1, 0.15) is 33.1 Å². The van der Waals surface area contributed by atoms with Crippen molar-refractivity contribution in [3.8, 4) is 5.75 Å². The van der Waals surface area contributed by atoms with Gasteiger partial charge in [0, 0.05) is 13.5 Å². The Kier molecular flexibility index (Phi) is 5.09. The van der Waals surface area contributed by atoms with Gasteiger partial charge in [0.15, 0.2) is 6.10 Å². The summed E-state index contributed by atoms with van der Waals surface area (Å²) >= 11 is 0. The SMILES string of the molecule is CCC1Oc2ccc(S(=O)(=O)NC(=O)C3CCCN3C(C)=O)cc2NC1=O. The Hall–Kier alpha value is -2.62. The molecule has 146 valence electrons. The molecule has 9 nitrogen and oxygen atoms in total. The quantitative estimate of drug-likeness (QED) is 0.770. The van der Waals surface area contributed by atoms with E-state index in [2.05, 4.69) is 5.32 Å². The number of amides is 3. The van der Waals surface area contributed by atoms with Gasteiger partial charge in [-0.3, -0.25) is 14.4 Å². The van der Waals surface area contributed by atoms with Crippen molar-refractivity contribution in [2.45, 2.75) is 50.2 Å². The first kappa shape index (κ1) is 19.2. The summed E-state index contributed by atoms with van der Waals surface area (Å²) in [6, 6.07) is 3.18. The third-order valence-electron chi connectivity index (χ3n) is 4.65. The number of nitrogens with one attached hydrogen (secondary N) is 2. The molecule has 3 rings (SSSR count). The van der Waals surface area contributed by atoms with Crippen LogP contribution in [0.15, 0.2) is 23.1 Å². The van der Waals surface area contributed by atoms with Crippen LogP contribution in [-0.2, 0) is 24.4 Å². The van der Waals surface area contributed by atoms with Gasteiger partial charge >= 0.3 is 0 Å². The Bertz CT molecular complexity index is 898. The van der Waals surface area contributed by atoms with Crippen molar-refractivity contribution in [3.63, 3.8) is 0 Å². The molecular formula is C17H21N3O6S. The molecule has 0 aliphatic carbocycles. The topological polar surface area (TPSA) is 122 Å². The van der Waals surface area contributed by atoms with E-state index in [0.29, 0.717) is 31.6 Å². The molecule has 2 aliphatic heterocycles. The van der Waals surface area contributed by atoms with Crippen LogP contribution in [0, 0.1) is 0 Å². The second kappa shape index (κ2) is 7.18. The molecule has 2 aliphatic rings. The van der Waals surface area contributed by atoms with Crippen LogP contribution in [0.5, 0.6) is 5.75 Å². The molecule has 0 saturated carbocycles. The van der Waals surface area contributed by atoms with E-state index < -0.39 is 28.1 Å². The Balaban J connectivity index is 1.80. The first-order valence-corrected chi connectivity index (χ1v) is 10.2. The van der Waals surface area contributed by atoms with E-state index in [9.17, 15) is 22.8 Å². The molecule has 1 aromatic rings. The van der Waals surface area contributed by atoms with Crippen molar-refractivity contribution in [2.24, 2.45) is 0 Å². The minimum Gasteiger partial charge on any atom is -0.478 e. The van der Waals surface area contributed by atoms with Crippen LogP contribution in [-0.4, -0.2) is 49.7 Å². The van der Waals surface area contributed by atoms with Crippen LogP contribution in [0.2, 0.25) is 0 Å². The third kappa shape index (κ3) is 3.75. The summed E-state index contributed by atoms with van der Waals surface area (Å²) in [6.45, 7) is 3.57. The number of sulfonamides is 1. The average molecular weight is 395 g/mol. The smallest absolute Gasteiger partial charge is 0.265 e. The zero-order valence-electron chi connectivity index (χ0n) is 15.0. The molecule has 0 radical (unpaired) electrons. The van der Waals surface area contributed by atoms with E-state index in [1.807, 2.05) is 4.72 Å². The maximum absolute atomic E-state index is 12.6.